The fraction of sp³-hybridized carbons (Fsp3) is 0.841. The predicted octanol–water partition coefficient (Wildman–Crippen LogP) is 11.8. The smallest absolute Gasteiger partial charge is 0.407 e. The third kappa shape index (κ3) is 38.9. The fourth-order valence-electron chi connectivity index (χ4n) is 5.90. The van der Waals surface area contributed by atoms with Gasteiger partial charge in [0.1, 0.15) is 13.2 Å². The second kappa shape index (κ2) is 39.8. The van der Waals surface area contributed by atoms with Crippen LogP contribution in [0.4, 0.5) is 4.79 Å². The lowest BCUT2D eigenvalue weighted by Crippen LogP contribution is -2.36. The number of ether oxygens (including phenoxy) is 3. The van der Waals surface area contributed by atoms with Crippen LogP contribution in [-0.2, 0) is 23.8 Å². The highest BCUT2D eigenvalue weighted by Crippen LogP contribution is 2.13. The number of esters is 2. The Morgan fingerprint density at radius 2 is 0.904 bits per heavy atom. The van der Waals surface area contributed by atoms with Crippen LogP contribution < -0.4 is 5.32 Å². The SMILES string of the molecule is CCCCCCCCC=CCCCCCCCC(=O)OCC(COC(=O)NCCN(C)C)OC(=O)CCCCCCCC=CCCCCCCCC. The Labute approximate surface area is 320 Å². The minimum Gasteiger partial charge on any atom is -0.462 e. The molecule has 0 heterocycles. The Kier molecular flexibility index (Phi) is 38.0. The van der Waals surface area contributed by atoms with E-state index in [1.54, 1.807) is 0 Å². The third-order valence-corrected chi connectivity index (χ3v) is 9.24. The molecule has 304 valence electrons. The first-order chi connectivity index (χ1) is 25.4. The maximum atomic E-state index is 12.6. The van der Waals surface area contributed by atoms with Crippen molar-refractivity contribution in [1.82, 2.24) is 10.2 Å². The number of rotatable bonds is 38. The first-order valence-corrected chi connectivity index (χ1v) is 21.6. The summed E-state index contributed by atoms with van der Waals surface area (Å²) in [5, 5.41) is 2.68. The van der Waals surface area contributed by atoms with E-state index in [9.17, 15) is 14.4 Å². The lowest BCUT2D eigenvalue weighted by atomic mass is 10.1. The van der Waals surface area contributed by atoms with Gasteiger partial charge >= 0.3 is 18.0 Å². The molecule has 1 N–H and O–H groups in total. The zero-order valence-corrected chi connectivity index (χ0v) is 34.4. The molecule has 0 fully saturated rings. The first kappa shape index (κ1) is 49.6. The number of nitrogens with zero attached hydrogens (tertiary/aromatic N) is 1. The normalized spacial score (nSPS) is 12.2. The Hall–Kier alpha value is -2.35. The zero-order valence-electron chi connectivity index (χ0n) is 34.4. The van der Waals surface area contributed by atoms with Gasteiger partial charge in [0, 0.05) is 25.9 Å². The molecule has 0 rings (SSSR count). The fourth-order valence-corrected chi connectivity index (χ4v) is 5.90. The van der Waals surface area contributed by atoms with Crippen LogP contribution in [0.25, 0.3) is 0 Å². The average Bonchev–Trinajstić information content (AvgIpc) is 3.12. The van der Waals surface area contributed by atoms with Crippen LogP contribution in [0.1, 0.15) is 194 Å². The van der Waals surface area contributed by atoms with Crippen molar-refractivity contribution in [1.29, 1.82) is 0 Å². The van der Waals surface area contributed by atoms with Gasteiger partial charge in [0.15, 0.2) is 6.10 Å². The van der Waals surface area contributed by atoms with Gasteiger partial charge in [0.25, 0.3) is 0 Å². The second-order valence-corrected chi connectivity index (χ2v) is 14.8. The van der Waals surface area contributed by atoms with Crippen LogP contribution in [0, 0.1) is 0 Å². The number of alkyl carbamates (subject to hydrolysis) is 1. The molecular formula is C44H82N2O6. The topological polar surface area (TPSA) is 94.2 Å². The lowest BCUT2D eigenvalue weighted by Gasteiger charge is -2.18. The molecule has 8 nitrogen and oxygen atoms in total. The summed E-state index contributed by atoms with van der Waals surface area (Å²) in [5.74, 6) is -0.668. The van der Waals surface area contributed by atoms with Gasteiger partial charge < -0.3 is 24.4 Å². The third-order valence-electron chi connectivity index (χ3n) is 9.24. The molecule has 0 bridgehead atoms. The van der Waals surface area contributed by atoms with Crippen molar-refractivity contribution in [2.75, 3.05) is 40.4 Å². The number of carbonyl (C=O) groups excluding carboxylic acids is 3. The summed E-state index contributed by atoms with van der Waals surface area (Å²) in [6.45, 7) is 5.35. The molecule has 8 heteroatoms. The van der Waals surface area contributed by atoms with Crippen LogP contribution in [0.5, 0.6) is 0 Å². The van der Waals surface area contributed by atoms with Gasteiger partial charge in [-0.15, -0.1) is 0 Å². The van der Waals surface area contributed by atoms with E-state index in [1.807, 2.05) is 19.0 Å². The summed E-state index contributed by atoms with van der Waals surface area (Å²) in [4.78, 5) is 39.1. The largest absolute Gasteiger partial charge is 0.462 e. The molecule has 0 aromatic rings. The lowest BCUT2D eigenvalue weighted by molar-refractivity contribution is -0.161. The van der Waals surface area contributed by atoms with Crippen molar-refractivity contribution in [3.63, 3.8) is 0 Å². The zero-order chi connectivity index (χ0) is 38.2. The maximum absolute atomic E-state index is 12.6. The molecule has 0 aromatic carbocycles. The predicted molar refractivity (Wildman–Crippen MR) is 218 cm³/mol. The molecule has 1 atom stereocenters. The number of nitrogens with one attached hydrogen (secondary N) is 1. The minimum absolute atomic E-state index is 0.118. The molecule has 52 heavy (non-hydrogen) atoms. The highest BCUT2D eigenvalue weighted by atomic mass is 16.6. The van der Waals surface area contributed by atoms with E-state index in [0.29, 0.717) is 25.9 Å². The van der Waals surface area contributed by atoms with Gasteiger partial charge in [-0.2, -0.15) is 0 Å². The van der Waals surface area contributed by atoms with Crippen LogP contribution in [0.2, 0.25) is 0 Å². The van der Waals surface area contributed by atoms with E-state index in [0.717, 1.165) is 57.8 Å². The van der Waals surface area contributed by atoms with Crippen molar-refractivity contribution in [2.24, 2.45) is 0 Å². The van der Waals surface area contributed by atoms with Crippen molar-refractivity contribution in [2.45, 2.75) is 200 Å². The minimum atomic E-state index is -0.826. The Bertz CT molecular complexity index is 875. The molecule has 0 radical (unpaired) electrons. The number of amides is 1. The molecule has 0 saturated carbocycles. The molecule has 1 amide bonds. The van der Waals surface area contributed by atoms with Gasteiger partial charge in [-0.3, -0.25) is 9.59 Å². The Morgan fingerprint density at radius 3 is 1.35 bits per heavy atom. The maximum Gasteiger partial charge on any atom is 0.407 e. The number of hydrogen-bond donors (Lipinski definition) is 1. The van der Waals surface area contributed by atoms with E-state index in [1.165, 1.54) is 109 Å². The van der Waals surface area contributed by atoms with Gasteiger partial charge in [-0.25, -0.2) is 4.79 Å². The molecule has 0 aromatic heterocycles. The molecule has 0 saturated heterocycles. The summed E-state index contributed by atoms with van der Waals surface area (Å²) < 4.78 is 16.3. The highest BCUT2D eigenvalue weighted by Gasteiger charge is 2.19. The number of hydrogen-bond acceptors (Lipinski definition) is 7. The van der Waals surface area contributed by atoms with Crippen LogP contribution in [-0.4, -0.2) is 69.4 Å². The van der Waals surface area contributed by atoms with E-state index in [2.05, 4.69) is 43.5 Å². The summed E-state index contributed by atoms with van der Waals surface area (Å²) >= 11 is 0. The molecule has 0 aliphatic heterocycles. The van der Waals surface area contributed by atoms with Crippen LogP contribution in [0.15, 0.2) is 24.3 Å². The number of allylic oxidation sites excluding steroid dienone is 4. The second-order valence-electron chi connectivity index (χ2n) is 14.8. The van der Waals surface area contributed by atoms with Gasteiger partial charge in [-0.05, 0) is 78.3 Å². The highest BCUT2D eigenvalue weighted by molar-refractivity contribution is 5.70. The van der Waals surface area contributed by atoms with Gasteiger partial charge in [0.05, 0.1) is 0 Å². The number of carbonyl (C=O) groups is 3. The molecule has 1 unspecified atom stereocenters. The molecule has 0 aliphatic carbocycles. The van der Waals surface area contributed by atoms with E-state index >= 15 is 0 Å². The number of likely N-dealkylation sites (N-methyl/N-ethyl adjacent to an activating group) is 1. The van der Waals surface area contributed by atoms with Crippen LogP contribution >= 0.6 is 0 Å². The quantitative estimate of drug-likeness (QED) is 0.0292. The van der Waals surface area contributed by atoms with E-state index in [4.69, 9.17) is 14.2 Å². The van der Waals surface area contributed by atoms with Crippen molar-refractivity contribution in [3.05, 3.63) is 24.3 Å². The molecule has 0 spiro atoms. The Morgan fingerprint density at radius 1 is 0.519 bits per heavy atom. The summed E-state index contributed by atoms with van der Waals surface area (Å²) in [6, 6.07) is 0. The monoisotopic (exact) mass is 735 g/mol. The van der Waals surface area contributed by atoms with Gasteiger partial charge in [-0.1, -0.05) is 141 Å². The van der Waals surface area contributed by atoms with Crippen molar-refractivity contribution < 1.29 is 28.6 Å². The number of unbranched alkanes of at least 4 members (excludes halogenated alkanes) is 22. The molecule has 0 aliphatic rings. The van der Waals surface area contributed by atoms with Gasteiger partial charge in [0.2, 0.25) is 0 Å². The standard InChI is InChI=1S/C44H82N2O6/c1-5-7-9-11-13-15-17-19-21-23-25-27-29-31-33-35-42(47)50-39-41(40-51-44(49)45-37-38-46(3)4)52-43(48)36-34-32-30-28-26-24-22-20-18-16-14-12-10-8-6-2/h19-22,41H,5-18,23-40H2,1-4H3,(H,45,49). The summed E-state index contributed by atoms with van der Waals surface area (Å²) in [7, 11) is 3.84. The summed E-state index contributed by atoms with van der Waals surface area (Å²) in [6.07, 6.45) is 39.6. The molecular weight excluding hydrogens is 652 g/mol. The van der Waals surface area contributed by atoms with Crippen LogP contribution in [0.3, 0.4) is 0 Å². The van der Waals surface area contributed by atoms with E-state index in [-0.39, 0.29) is 25.2 Å². The summed E-state index contributed by atoms with van der Waals surface area (Å²) in [5.41, 5.74) is 0. The first-order valence-electron chi connectivity index (χ1n) is 21.6. The van der Waals surface area contributed by atoms with Crippen molar-refractivity contribution >= 4 is 18.0 Å². The van der Waals surface area contributed by atoms with Crippen molar-refractivity contribution in [3.8, 4) is 0 Å². The Balaban J connectivity index is 4.21. The average molecular weight is 735 g/mol. The van der Waals surface area contributed by atoms with E-state index < -0.39 is 12.2 Å².